The number of benzene rings is 1. The van der Waals surface area contributed by atoms with E-state index in [1.165, 1.54) is 5.56 Å². The van der Waals surface area contributed by atoms with Crippen LogP contribution in [0.3, 0.4) is 0 Å². The first-order valence-corrected chi connectivity index (χ1v) is 6.69. The van der Waals surface area contributed by atoms with E-state index in [1.54, 1.807) is 0 Å². The Balaban J connectivity index is 2.34. The van der Waals surface area contributed by atoms with Crippen molar-refractivity contribution in [1.29, 1.82) is 0 Å². The van der Waals surface area contributed by atoms with Gasteiger partial charge in [-0.15, -0.1) is 0 Å². The largest absolute Gasteiger partial charge is 0.388 e. The lowest BCUT2D eigenvalue weighted by Crippen LogP contribution is -1.99. The number of aromatic nitrogens is 2. The van der Waals surface area contributed by atoms with Crippen LogP contribution in [0.15, 0.2) is 30.3 Å². The van der Waals surface area contributed by atoms with E-state index in [2.05, 4.69) is 48.1 Å². The Labute approximate surface area is 114 Å². The van der Waals surface area contributed by atoms with Crippen LogP contribution >= 0.6 is 0 Å². The highest BCUT2D eigenvalue weighted by molar-refractivity contribution is 5.59. The molecule has 0 amide bonds. The lowest BCUT2D eigenvalue weighted by atomic mass is 9.97. The van der Waals surface area contributed by atoms with Gasteiger partial charge in [0.05, 0.1) is 5.69 Å². The number of hydrogen-bond acceptors (Lipinski definition) is 3. The molecule has 0 radical (unpaired) electrons. The number of aliphatic hydroxyl groups is 1. The number of aliphatic hydroxyl groups excluding tert-OH is 1. The summed E-state index contributed by atoms with van der Waals surface area (Å²) in [6, 6.07) is 10.4. The molecule has 0 saturated carbocycles. The lowest BCUT2D eigenvalue weighted by molar-refractivity contribution is 0.271. The second-order valence-electron chi connectivity index (χ2n) is 4.90. The van der Waals surface area contributed by atoms with Gasteiger partial charge in [0, 0.05) is 11.3 Å². The van der Waals surface area contributed by atoms with E-state index >= 15 is 0 Å². The van der Waals surface area contributed by atoms with E-state index in [1.807, 2.05) is 13.0 Å². The first kappa shape index (κ1) is 13.7. The molecule has 1 atom stereocenters. The summed E-state index contributed by atoms with van der Waals surface area (Å²) in [6.07, 6.45) is 1.14. The molecule has 3 heteroatoms. The second kappa shape index (κ2) is 5.93. The molecular formula is C16H20N2O. The summed E-state index contributed by atoms with van der Waals surface area (Å²) in [5.41, 5.74) is 4.15. The van der Waals surface area contributed by atoms with Crippen LogP contribution < -0.4 is 0 Å². The highest BCUT2D eigenvalue weighted by Crippen LogP contribution is 2.23. The SMILES string of the molecule is CCC(C)c1ccc(-c2cc(C)nc(CO)n2)cc1. The maximum atomic E-state index is 9.16. The zero-order valence-corrected chi connectivity index (χ0v) is 11.7. The second-order valence-corrected chi connectivity index (χ2v) is 4.90. The van der Waals surface area contributed by atoms with Gasteiger partial charge in [0.25, 0.3) is 0 Å². The number of rotatable bonds is 4. The summed E-state index contributed by atoms with van der Waals surface area (Å²) in [7, 11) is 0. The number of aryl methyl sites for hydroxylation is 1. The fourth-order valence-corrected chi connectivity index (χ4v) is 2.07. The van der Waals surface area contributed by atoms with Crippen molar-refractivity contribution in [2.45, 2.75) is 39.7 Å². The number of nitrogens with zero attached hydrogens (tertiary/aromatic N) is 2. The van der Waals surface area contributed by atoms with Gasteiger partial charge in [0.2, 0.25) is 0 Å². The molecule has 1 N–H and O–H groups in total. The summed E-state index contributed by atoms with van der Waals surface area (Å²) in [5.74, 6) is 1.05. The van der Waals surface area contributed by atoms with Crippen LogP contribution in [0.5, 0.6) is 0 Å². The third kappa shape index (κ3) is 3.18. The molecule has 0 spiro atoms. The van der Waals surface area contributed by atoms with Crippen LogP contribution in [-0.2, 0) is 6.61 Å². The minimum Gasteiger partial charge on any atom is -0.388 e. The van der Waals surface area contributed by atoms with E-state index in [9.17, 15) is 0 Å². The monoisotopic (exact) mass is 256 g/mol. The van der Waals surface area contributed by atoms with Gasteiger partial charge in [0.15, 0.2) is 5.82 Å². The smallest absolute Gasteiger partial charge is 0.154 e. The van der Waals surface area contributed by atoms with Crippen LogP contribution in [0.1, 0.15) is 43.3 Å². The number of hydrogen-bond donors (Lipinski definition) is 1. The maximum Gasteiger partial charge on any atom is 0.154 e. The van der Waals surface area contributed by atoms with Gasteiger partial charge in [-0.1, -0.05) is 38.1 Å². The molecule has 0 saturated heterocycles. The molecule has 0 bridgehead atoms. The third-order valence-electron chi connectivity index (χ3n) is 3.43. The lowest BCUT2D eigenvalue weighted by Gasteiger charge is -2.10. The molecule has 0 fully saturated rings. The Morgan fingerprint density at radius 2 is 1.84 bits per heavy atom. The normalized spacial score (nSPS) is 12.4. The molecule has 0 aliphatic carbocycles. The summed E-state index contributed by atoms with van der Waals surface area (Å²) in [5, 5.41) is 9.16. The van der Waals surface area contributed by atoms with Crippen LogP contribution in [0.4, 0.5) is 0 Å². The minimum atomic E-state index is -0.125. The van der Waals surface area contributed by atoms with Crippen molar-refractivity contribution in [3.05, 3.63) is 47.4 Å². The first-order valence-electron chi connectivity index (χ1n) is 6.69. The van der Waals surface area contributed by atoms with Crippen molar-refractivity contribution in [2.75, 3.05) is 0 Å². The van der Waals surface area contributed by atoms with Gasteiger partial charge in [-0.25, -0.2) is 9.97 Å². The van der Waals surface area contributed by atoms with Crippen LogP contribution in [0.25, 0.3) is 11.3 Å². The highest BCUT2D eigenvalue weighted by atomic mass is 16.3. The summed E-state index contributed by atoms with van der Waals surface area (Å²) in [6.45, 7) is 6.21. The highest BCUT2D eigenvalue weighted by Gasteiger charge is 2.06. The fourth-order valence-electron chi connectivity index (χ4n) is 2.07. The molecule has 0 aliphatic rings. The van der Waals surface area contributed by atoms with E-state index in [-0.39, 0.29) is 6.61 Å². The predicted octanol–water partition coefficient (Wildman–Crippen LogP) is 3.46. The molecule has 3 nitrogen and oxygen atoms in total. The van der Waals surface area contributed by atoms with Gasteiger partial charge >= 0.3 is 0 Å². The Hall–Kier alpha value is -1.74. The fraction of sp³-hybridized carbons (Fsp3) is 0.375. The standard InChI is InChI=1S/C16H20N2O/c1-4-11(2)13-5-7-14(8-6-13)15-9-12(3)17-16(10-19)18-15/h5-9,11,19H,4,10H2,1-3H3. The summed E-state index contributed by atoms with van der Waals surface area (Å²) >= 11 is 0. The molecule has 0 aliphatic heterocycles. The van der Waals surface area contributed by atoms with Gasteiger partial charge in [-0.2, -0.15) is 0 Å². The van der Waals surface area contributed by atoms with E-state index in [4.69, 9.17) is 5.11 Å². The van der Waals surface area contributed by atoms with Crippen molar-refractivity contribution in [2.24, 2.45) is 0 Å². The first-order chi connectivity index (χ1) is 9.13. The Bertz CT molecular complexity index is 549. The minimum absolute atomic E-state index is 0.125. The molecule has 2 aromatic rings. The molecular weight excluding hydrogens is 236 g/mol. The van der Waals surface area contributed by atoms with Gasteiger partial charge in [0.1, 0.15) is 6.61 Å². The molecule has 2 rings (SSSR count). The van der Waals surface area contributed by atoms with Crippen molar-refractivity contribution in [3.8, 4) is 11.3 Å². The quantitative estimate of drug-likeness (QED) is 0.911. The van der Waals surface area contributed by atoms with Crippen LogP contribution in [0, 0.1) is 6.92 Å². The van der Waals surface area contributed by atoms with Crippen LogP contribution in [-0.4, -0.2) is 15.1 Å². The molecule has 19 heavy (non-hydrogen) atoms. The van der Waals surface area contributed by atoms with E-state index in [0.717, 1.165) is 23.4 Å². The predicted molar refractivity (Wildman–Crippen MR) is 76.8 cm³/mol. The van der Waals surface area contributed by atoms with Crippen molar-refractivity contribution in [3.63, 3.8) is 0 Å². The van der Waals surface area contributed by atoms with Gasteiger partial charge in [-0.05, 0) is 30.9 Å². The summed E-state index contributed by atoms with van der Waals surface area (Å²) in [4.78, 5) is 8.53. The van der Waals surface area contributed by atoms with E-state index < -0.39 is 0 Å². The summed E-state index contributed by atoms with van der Waals surface area (Å²) < 4.78 is 0. The third-order valence-corrected chi connectivity index (χ3v) is 3.43. The Morgan fingerprint density at radius 1 is 1.16 bits per heavy atom. The molecule has 1 aromatic heterocycles. The zero-order valence-electron chi connectivity index (χ0n) is 11.7. The van der Waals surface area contributed by atoms with Gasteiger partial charge in [-0.3, -0.25) is 0 Å². The molecule has 1 aromatic carbocycles. The van der Waals surface area contributed by atoms with Crippen molar-refractivity contribution in [1.82, 2.24) is 9.97 Å². The zero-order chi connectivity index (χ0) is 13.8. The Morgan fingerprint density at radius 3 is 2.42 bits per heavy atom. The molecule has 1 unspecified atom stereocenters. The average Bonchev–Trinajstić information content (AvgIpc) is 2.46. The maximum absolute atomic E-state index is 9.16. The topological polar surface area (TPSA) is 46.0 Å². The Kier molecular flexibility index (Phi) is 4.27. The van der Waals surface area contributed by atoms with Gasteiger partial charge < -0.3 is 5.11 Å². The molecule has 100 valence electrons. The van der Waals surface area contributed by atoms with Crippen LogP contribution in [0.2, 0.25) is 0 Å². The van der Waals surface area contributed by atoms with Crippen molar-refractivity contribution >= 4 is 0 Å². The van der Waals surface area contributed by atoms with E-state index in [0.29, 0.717) is 11.7 Å². The average molecular weight is 256 g/mol. The van der Waals surface area contributed by atoms with Crippen molar-refractivity contribution < 1.29 is 5.11 Å². The molecule has 1 heterocycles.